The van der Waals surface area contributed by atoms with Gasteiger partial charge in [0.2, 0.25) is 0 Å². The summed E-state index contributed by atoms with van der Waals surface area (Å²) in [4.78, 5) is 32.4. The fourth-order valence-electron chi connectivity index (χ4n) is 4.66. The number of hydrogen-bond acceptors (Lipinski definition) is 5. The van der Waals surface area contributed by atoms with Crippen LogP contribution in [0.5, 0.6) is 0 Å². The van der Waals surface area contributed by atoms with Crippen LogP contribution in [0.3, 0.4) is 0 Å². The summed E-state index contributed by atoms with van der Waals surface area (Å²) < 4.78 is 1.74. The Morgan fingerprint density at radius 3 is 2.40 bits per heavy atom. The molecule has 7 nitrogen and oxygen atoms in total. The zero-order valence-corrected chi connectivity index (χ0v) is 21.2. The lowest BCUT2D eigenvalue weighted by atomic mass is 10.0. The number of piperazine rings is 1. The highest BCUT2D eigenvalue weighted by atomic mass is 35.5. The SMILES string of the molecule is Cc1ccc2c(c1)c(N1CCN(C(=O)c3ccc(Cl)cc3)CC1)c(C#N)c(=O)n2CCCN(C)C. The average Bonchev–Trinajstić information content (AvgIpc) is 2.85. The number of halogens is 1. The van der Waals surface area contributed by atoms with Crippen LogP contribution in [-0.2, 0) is 6.54 Å². The number of pyridine rings is 1. The predicted molar refractivity (Wildman–Crippen MR) is 140 cm³/mol. The summed E-state index contributed by atoms with van der Waals surface area (Å²) in [6, 6.07) is 15.1. The third-order valence-electron chi connectivity index (χ3n) is 6.47. The summed E-state index contributed by atoms with van der Waals surface area (Å²) in [6.45, 7) is 5.51. The zero-order valence-electron chi connectivity index (χ0n) is 20.4. The molecule has 0 bridgehead atoms. The van der Waals surface area contributed by atoms with Crippen LogP contribution in [-0.4, -0.2) is 67.1 Å². The summed E-state index contributed by atoms with van der Waals surface area (Å²) >= 11 is 5.95. The molecule has 1 saturated heterocycles. The fourth-order valence-corrected chi connectivity index (χ4v) is 4.79. The molecule has 4 rings (SSSR count). The van der Waals surface area contributed by atoms with Gasteiger partial charge < -0.3 is 19.3 Å². The maximum atomic E-state index is 13.4. The lowest BCUT2D eigenvalue weighted by Gasteiger charge is -2.37. The second kappa shape index (κ2) is 10.5. The van der Waals surface area contributed by atoms with Crippen LogP contribution in [0, 0.1) is 18.3 Å². The first-order valence-electron chi connectivity index (χ1n) is 11.8. The Balaban J connectivity index is 1.66. The van der Waals surface area contributed by atoms with Crippen molar-refractivity contribution in [3.63, 3.8) is 0 Å². The van der Waals surface area contributed by atoms with Gasteiger partial charge >= 0.3 is 0 Å². The van der Waals surface area contributed by atoms with E-state index in [2.05, 4.69) is 21.9 Å². The highest BCUT2D eigenvalue weighted by molar-refractivity contribution is 6.30. The number of amides is 1. The summed E-state index contributed by atoms with van der Waals surface area (Å²) in [7, 11) is 4.01. The van der Waals surface area contributed by atoms with Crippen LogP contribution in [0.15, 0.2) is 47.3 Å². The molecule has 0 radical (unpaired) electrons. The van der Waals surface area contributed by atoms with E-state index in [1.807, 2.05) is 38.1 Å². The van der Waals surface area contributed by atoms with Gasteiger partial charge in [-0.15, -0.1) is 0 Å². The number of rotatable bonds is 6. The number of anilines is 1. The first-order chi connectivity index (χ1) is 16.8. The summed E-state index contributed by atoms with van der Waals surface area (Å²) in [6.07, 6.45) is 0.811. The first-order valence-corrected chi connectivity index (χ1v) is 12.2. The maximum Gasteiger partial charge on any atom is 0.271 e. The molecule has 35 heavy (non-hydrogen) atoms. The number of hydrogen-bond donors (Lipinski definition) is 0. The van der Waals surface area contributed by atoms with Crippen molar-refractivity contribution < 1.29 is 4.79 Å². The van der Waals surface area contributed by atoms with Gasteiger partial charge in [0.1, 0.15) is 11.6 Å². The molecule has 8 heteroatoms. The second-order valence-corrected chi connectivity index (χ2v) is 9.69. The highest BCUT2D eigenvalue weighted by Gasteiger charge is 2.27. The Kier molecular flexibility index (Phi) is 7.44. The van der Waals surface area contributed by atoms with Crippen molar-refractivity contribution in [3.8, 4) is 6.07 Å². The molecule has 1 aliphatic rings. The van der Waals surface area contributed by atoms with Gasteiger partial charge in [-0.1, -0.05) is 23.2 Å². The fraction of sp³-hybridized carbons (Fsp3) is 0.370. The molecule has 1 aromatic heterocycles. The highest BCUT2D eigenvalue weighted by Crippen LogP contribution is 2.31. The number of nitrogens with zero attached hydrogens (tertiary/aromatic N) is 5. The number of aromatic nitrogens is 1. The monoisotopic (exact) mass is 491 g/mol. The van der Waals surface area contributed by atoms with Crippen LogP contribution in [0.4, 0.5) is 5.69 Å². The predicted octanol–water partition coefficient (Wildman–Crippen LogP) is 3.75. The van der Waals surface area contributed by atoms with Gasteiger partial charge in [0.25, 0.3) is 11.5 Å². The Hall–Kier alpha value is -3.34. The maximum absolute atomic E-state index is 13.4. The molecule has 0 atom stereocenters. The van der Waals surface area contributed by atoms with Gasteiger partial charge in [-0.3, -0.25) is 9.59 Å². The minimum atomic E-state index is -0.253. The minimum absolute atomic E-state index is 0.0427. The largest absolute Gasteiger partial charge is 0.366 e. The molecular weight excluding hydrogens is 462 g/mol. The van der Waals surface area contributed by atoms with E-state index in [4.69, 9.17) is 11.6 Å². The van der Waals surface area contributed by atoms with Crippen molar-refractivity contribution in [1.29, 1.82) is 5.26 Å². The van der Waals surface area contributed by atoms with E-state index in [1.165, 1.54) is 0 Å². The number of aryl methyl sites for hydroxylation is 2. The van der Waals surface area contributed by atoms with Crippen LogP contribution in [0.25, 0.3) is 10.9 Å². The molecule has 1 fully saturated rings. The molecule has 2 aromatic carbocycles. The van der Waals surface area contributed by atoms with Crippen molar-refractivity contribution in [2.45, 2.75) is 19.9 Å². The van der Waals surface area contributed by atoms with Gasteiger partial charge in [0, 0.05) is 48.7 Å². The topological polar surface area (TPSA) is 72.6 Å². The number of fused-ring (bicyclic) bond motifs is 1. The lowest BCUT2D eigenvalue weighted by molar-refractivity contribution is 0.0747. The Morgan fingerprint density at radius 2 is 1.77 bits per heavy atom. The number of carbonyl (C=O) groups is 1. The minimum Gasteiger partial charge on any atom is -0.366 e. The summed E-state index contributed by atoms with van der Waals surface area (Å²) in [5.41, 5.74) is 3.11. The first kappa shape index (κ1) is 24.8. The Bertz CT molecular complexity index is 1330. The molecule has 3 aromatic rings. The van der Waals surface area contributed by atoms with E-state index in [0.29, 0.717) is 49.0 Å². The number of carbonyl (C=O) groups excluding carboxylic acids is 1. The smallest absolute Gasteiger partial charge is 0.271 e. The molecular formula is C27H30ClN5O2. The van der Waals surface area contributed by atoms with Crippen molar-refractivity contribution >= 4 is 34.1 Å². The third-order valence-corrected chi connectivity index (χ3v) is 6.72. The molecule has 1 aliphatic heterocycles. The molecule has 2 heterocycles. The quantitative estimate of drug-likeness (QED) is 0.525. The van der Waals surface area contributed by atoms with E-state index in [-0.39, 0.29) is 17.0 Å². The van der Waals surface area contributed by atoms with Gasteiger partial charge in [-0.2, -0.15) is 5.26 Å². The van der Waals surface area contributed by atoms with E-state index in [1.54, 1.807) is 28.8 Å². The number of nitriles is 1. The molecule has 0 spiro atoms. The normalized spacial score (nSPS) is 13.9. The van der Waals surface area contributed by atoms with Gasteiger partial charge in [-0.05, 0) is 70.4 Å². The van der Waals surface area contributed by atoms with Crippen LogP contribution in [0.1, 0.15) is 27.9 Å². The van der Waals surface area contributed by atoms with E-state index >= 15 is 0 Å². The average molecular weight is 492 g/mol. The Labute approximate surface area is 210 Å². The Morgan fingerprint density at radius 1 is 1.09 bits per heavy atom. The summed E-state index contributed by atoms with van der Waals surface area (Å²) in [5, 5.41) is 11.5. The standard InChI is InChI=1S/C27H30ClN5O2/c1-19-5-10-24-22(17-19)25(23(18-29)27(35)33(24)12-4-11-30(2)3)31-13-15-32(16-14-31)26(34)20-6-8-21(28)9-7-20/h5-10,17H,4,11-16H2,1-3H3. The molecule has 0 saturated carbocycles. The van der Waals surface area contributed by atoms with Gasteiger partial charge in [0.15, 0.2) is 0 Å². The van der Waals surface area contributed by atoms with Gasteiger partial charge in [0.05, 0.1) is 11.2 Å². The van der Waals surface area contributed by atoms with E-state index < -0.39 is 0 Å². The third kappa shape index (κ3) is 5.19. The summed E-state index contributed by atoms with van der Waals surface area (Å²) in [5.74, 6) is -0.0427. The van der Waals surface area contributed by atoms with Crippen molar-refractivity contribution in [3.05, 3.63) is 74.5 Å². The zero-order chi connectivity index (χ0) is 25.1. The van der Waals surface area contributed by atoms with Crippen LogP contribution < -0.4 is 10.5 Å². The van der Waals surface area contributed by atoms with Gasteiger partial charge in [-0.25, -0.2) is 0 Å². The lowest BCUT2D eigenvalue weighted by Crippen LogP contribution is -2.49. The van der Waals surface area contributed by atoms with Crippen LogP contribution in [0.2, 0.25) is 5.02 Å². The van der Waals surface area contributed by atoms with E-state index in [0.717, 1.165) is 29.4 Å². The molecule has 0 unspecified atom stereocenters. The van der Waals surface area contributed by atoms with Crippen molar-refractivity contribution in [2.75, 3.05) is 51.7 Å². The molecule has 0 N–H and O–H groups in total. The second-order valence-electron chi connectivity index (χ2n) is 9.26. The van der Waals surface area contributed by atoms with Crippen molar-refractivity contribution in [1.82, 2.24) is 14.4 Å². The van der Waals surface area contributed by atoms with Crippen LogP contribution >= 0.6 is 11.6 Å². The number of benzene rings is 2. The van der Waals surface area contributed by atoms with E-state index in [9.17, 15) is 14.9 Å². The molecule has 182 valence electrons. The molecule has 0 aliphatic carbocycles. The molecule has 1 amide bonds. The van der Waals surface area contributed by atoms with Crippen molar-refractivity contribution in [2.24, 2.45) is 0 Å².